The van der Waals surface area contributed by atoms with E-state index < -0.39 is 12.2 Å². The number of rotatable bonds is 3. The zero-order valence-corrected chi connectivity index (χ0v) is 17.6. The predicted molar refractivity (Wildman–Crippen MR) is 115 cm³/mol. The van der Waals surface area contributed by atoms with Crippen molar-refractivity contribution in [3.8, 4) is 11.5 Å². The van der Waals surface area contributed by atoms with E-state index in [-0.39, 0.29) is 25.5 Å². The van der Waals surface area contributed by atoms with Crippen molar-refractivity contribution in [1.29, 1.82) is 0 Å². The van der Waals surface area contributed by atoms with E-state index in [4.69, 9.17) is 21.1 Å². The molecule has 0 radical (unpaired) electrons. The molecule has 0 unspecified atom stereocenters. The lowest BCUT2D eigenvalue weighted by atomic mass is 10.1. The summed E-state index contributed by atoms with van der Waals surface area (Å²) in [6, 6.07) is 14.6. The number of ether oxygens (including phenoxy) is 2. The molecule has 1 heterocycles. The lowest BCUT2D eigenvalue weighted by Gasteiger charge is -2.25. The van der Waals surface area contributed by atoms with Crippen LogP contribution in [0, 0.1) is 0 Å². The molecule has 0 fully saturated rings. The molecule has 30 heavy (non-hydrogen) atoms. The molecule has 1 aliphatic heterocycles. The van der Waals surface area contributed by atoms with E-state index in [0.717, 1.165) is 30.6 Å². The van der Waals surface area contributed by atoms with Gasteiger partial charge in [0.1, 0.15) is 24.2 Å². The number of halogens is 1. The van der Waals surface area contributed by atoms with Crippen molar-refractivity contribution in [3.05, 3.63) is 59.1 Å². The molecular weight excluding hydrogens is 406 g/mol. The van der Waals surface area contributed by atoms with Crippen molar-refractivity contribution in [2.75, 3.05) is 26.3 Å². The topological polar surface area (TPSA) is 79.2 Å². The fourth-order valence-electron chi connectivity index (χ4n) is 3.39. The summed E-state index contributed by atoms with van der Waals surface area (Å²) < 4.78 is 11.3. The molecule has 7 heteroatoms. The quantitative estimate of drug-likeness (QED) is 0.777. The summed E-state index contributed by atoms with van der Waals surface area (Å²) in [7, 11) is 0. The molecule has 162 valence electrons. The van der Waals surface area contributed by atoms with Crippen LogP contribution in [0.4, 0.5) is 0 Å². The Morgan fingerprint density at radius 2 is 1.93 bits per heavy atom. The van der Waals surface area contributed by atoms with Crippen LogP contribution in [0.2, 0.25) is 5.02 Å². The van der Waals surface area contributed by atoms with Gasteiger partial charge in [-0.3, -0.25) is 4.79 Å². The Bertz CT molecular complexity index is 831. The number of nitrogens with zero attached hydrogens (tertiary/aromatic N) is 1. The summed E-state index contributed by atoms with van der Waals surface area (Å²) in [5.41, 5.74) is 1.06. The summed E-state index contributed by atoms with van der Waals surface area (Å²) >= 11 is 5.95. The molecule has 1 aliphatic rings. The third kappa shape index (κ3) is 6.62. The molecule has 2 aromatic carbocycles. The smallest absolute Gasteiger partial charge is 0.260 e. The first kappa shape index (κ1) is 22.4. The maximum absolute atomic E-state index is 12.7. The molecule has 2 aromatic rings. The average Bonchev–Trinajstić information content (AvgIpc) is 2.76. The number of para-hydroxylation sites is 1. The Hall–Kier alpha value is -2.28. The average molecular weight is 434 g/mol. The number of carbonyl (C=O) groups is 1. The lowest BCUT2D eigenvalue weighted by Crippen LogP contribution is -2.40. The molecule has 0 aliphatic carbocycles. The molecule has 0 aromatic heterocycles. The van der Waals surface area contributed by atoms with E-state index >= 15 is 0 Å². The Morgan fingerprint density at radius 3 is 2.77 bits per heavy atom. The van der Waals surface area contributed by atoms with E-state index in [1.54, 1.807) is 29.2 Å². The molecule has 6 nitrogen and oxygen atoms in total. The van der Waals surface area contributed by atoms with Gasteiger partial charge < -0.3 is 24.6 Å². The van der Waals surface area contributed by atoms with Crippen molar-refractivity contribution in [2.24, 2.45) is 0 Å². The normalized spacial score (nSPS) is 20.7. The van der Waals surface area contributed by atoms with Crippen LogP contribution in [-0.4, -0.2) is 59.5 Å². The van der Waals surface area contributed by atoms with E-state index in [2.05, 4.69) is 0 Å². The van der Waals surface area contributed by atoms with Crippen LogP contribution in [0.15, 0.2) is 48.5 Å². The Balaban J connectivity index is 1.63. The molecule has 3 rings (SSSR count). The summed E-state index contributed by atoms with van der Waals surface area (Å²) in [6.45, 7) is 0.793. The Kier molecular flexibility index (Phi) is 8.37. The van der Waals surface area contributed by atoms with Gasteiger partial charge in [0.15, 0.2) is 6.61 Å². The minimum absolute atomic E-state index is 0.00397. The van der Waals surface area contributed by atoms with Gasteiger partial charge in [0.05, 0.1) is 6.10 Å². The summed E-state index contributed by atoms with van der Waals surface area (Å²) in [6.07, 6.45) is 0.770. The third-order valence-corrected chi connectivity index (χ3v) is 5.39. The van der Waals surface area contributed by atoms with Crippen LogP contribution in [0.1, 0.15) is 24.8 Å². The van der Waals surface area contributed by atoms with E-state index in [1.165, 1.54) is 0 Å². The van der Waals surface area contributed by atoms with Gasteiger partial charge in [-0.1, -0.05) is 35.9 Å². The molecular formula is C23H28ClNO5. The number of carbonyl (C=O) groups excluding carboxylic acids is 1. The van der Waals surface area contributed by atoms with Crippen LogP contribution in [-0.2, 0) is 11.2 Å². The van der Waals surface area contributed by atoms with Crippen molar-refractivity contribution >= 4 is 17.5 Å². The first-order valence-corrected chi connectivity index (χ1v) is 10.6. The van der Waals surface area contributed by atoms with Gasteiger partial charge in [0, 0.05) is 18.1 Å². The lowest BCUT2D eigenvalue weighted by molar-refractivity contribution is -0.134. The standard InChI is InChI=1S/C23H28ClNO5/c24-18-8-5-9-19(14-18)29-16-23(28)25-12-4-3-7-17-6-1-2-10-22(17)30-15-21(27)20(26)11-13-25/h1-2,5-6,8-10,14,20-21,26-27H,3-4,7,11-13,15-16H2/t20-,21+/m0/s1. The van der Waals surface area contributed by atoms with Crippen LogP contribution >= 0.6 is 11.6 Å². The van der Waals surface area contributed by atoms with Gasteiger partial charge in [-0.05, 0) is 55.5 Å². The molecule has 0 spiro atoms. The Labute approximate surface area is 182 Å². The molecule has 0 bridgehead atoms. The fourth-order valence-corrected chi connectivity index (χ4v) is 3.57. The third-order valence-electron chi connectivity index (χ3n) is 5.16. The predicted octanol–water partition coefficient (Wildman–Crippen LogP) is 3.07. The van der Waals surface area contributed by atoms with Crippen molar-refractivity contribution < 1.29 is 24.5 Å². The van der Waals surface area contributed by atoms with Gasteiger partial charge in [-0.15, -0.1) is 0 Å². The zero-order chi connectivity index (χ0) is 21.3. The van der Waals surface area contributed by atoms with Crippen molar-refractivity contribution in [2.45, 2.75) is 37.9 Å². The number of hydrogen-bond donors (Lipinski definition) is 2. The van der Waals surface area contributed by atoms with Gasteiger partial charge in [0.2, 0.25) is 0 Å². The van der Waals surface area contributed by atoms with Crippen LogP contribution in [0.25, 0.3) is 0 Å². The van der Waals surface area contributed by atoms with Gasteiger partial charge >= 0.3 is 0 Å². The van der Waals surface area contributed by atoms with Crippen LogP contribution in [0.5, 0.6) is 11.5 Å². The first-order chi connectivity index (χ1) is 14.5. The van der Waals surface area contributed by atoms with E-state index in [9.17, 15) is 15.0 Å². The first-order valence-electron chi connectivity index (χ1n) is 10.3. The number of aliphatic hydroxyl groups is 2. The maximum atomic E-state index is 12.7. The second kappa shape index (κ2) is 11.2. The fraction of sp³-hybridized carbons (Fsp3) is 0.435. The number of hydrogen-bond acceptors (Lipinski definition) is 5. The molecule has 2 atom stereocenters. The van der Waals surface area contributed by atoms with Crippen molar-refractivity contribution in [1.82, 2.24) is 4.90 Å². The zero-order valence-electron chi connectivity index (χ0n) is 16.9. The second-order valence-electron chi connectivity index (χ2n) is 7.43. The number of aryl methyl sites for hydroxylation is 1. The number of amides is 1. The molecule has 0 saturated carbocycles. The minimum atomic E-state index is -1.03. The maximum Gasteiger partial charge on any atom is 0.260 e. The highest BCUT2D eigenvalue weighted by Crippen LogP contribution is 2.22. The second-order valence-corrected chi connectivity index (χ2v) is 7.86. The monoisotopic (exact) mass is 433 g/mol. The molecule has 0 saturated heterocycles. The van der Waals surface area contributed by atoms with Gasteiger partial charge in [-0.2, -0.15) is 0 Å². The van der Waals surface area contributed by atoms with E-state index in [1.807, 2.05) is 24.3 Å². The van der Waals surface area contributed by atoms with Crippen LogP contribution < -0.4 is 9.47 Å². The number of aliphatic hydroxyl groups excluding tert-OH is 2. The van der Waals surface area contributed by atoms with Crippen molar-refractivity contribution in [3.63, 3.8) is 0 Å². The highest BCUT2D eigenvalue weighted by molar-refractivity contribution is 6.30. The number of fused-ring (bicyclic) bond motifs is 1. The SMILES string of the molecule is O=C(COc1cccc(Cl)c1)N1CCCCc2ccccc2OC[C@@H](O)[C@@H](O)CC1. The minimum Gasteiger partial charge on any atom is -0.491 e. The highest BCUT2D eigenvalue weighted by atomic mass is 35.5. The van der Waals surface area contributed by atoms with Crippen LogP contribution in [0.3, 0.4) is 0 Å². The summed E-state index contributed by atoms with van der Waals surface area (Å²) in [5, 5.41) is 21.1. The van der Waals surface area contributed by atoms with E-state index in [0.29, 0.717) is 23.9 Å². The van der Waals surface area contributed by atoms with Gasteiger partial charge in [0.25, 0.3) is 5.91 Å². The number of benzene rings is 2. The van der Waals surface area contributed by atoms with Gasteiger partial charge in [-0.25, -0.2) is 0 Å². The highest BCUT2D eigenvalue weighted by Gasteiger charge is 2.22. The summed E-state index contributed by atoms with van der Waals surface area (Å²) in [5.74, 6) is 1.10. The summed E-state index contributed by atoms with van der Waals surface area (Å²) in [4.78, 5) is 14.4. The largest absolute Gasteiger partial charge is 0.491 e. The molecule has 2 N–H and O–H groups in total. The Morgan fingerprint density at radius 1 is 1.10 bits per heavy atom. The molecule has 1 amide bonds.